The Morgan fingerprint density at radius 3 is 2.40 bits per heavy atom. The number of H-pyrrole nitrogens is 1. The van der Waals surface area contributed by atoms with E-state index in [1.807, 2.05) is 67.1 Å². The van der Waals surface area contributed by atoms with E-state index in [2.05, 4.69) is 15.3 Å². The number of carboxylic acid groups (broad SMARTS) is 1. The molecule has 2 aromatic carbocycles. The number of carboxylic acids is 1. The molecule has 0 amide bonds. The molecule has 2 heterocycles. The third-order valence-corrected chi connectivity index (χ3v) is 4.22. The number of aromatic nitrogens is 4. The van der Waals surface area contributed by atoms with Crippen molar-refractivity contribution in [3.63, 3.8) is 0 Å². The fourth-order valence-electron chi connectivity index (χ4n) is 3.04. The van der Waals surface area contributed by atoms with Gasteiger partial charge in [0, 0.05) is 11.1 Å². The number of nitrogens with one attached hydrogen (secondary N) is 1. The van der Waals surface area contributed by atoms with E-state index in [4.69, 9.17) is 0 Å². The van der Waals surface area contributed by atoms with E-state index >= 15 is 0 Å². The first-order chi connectivity index (χ1) is 12.0. The number of aromatic carboxylic acids is 1. The van der Waals surface area contributed by atoms with E-state index in [0.29, 0.717) is 10.9 Å². The first kappa shape index (κ1) is 15.1. The van der Waals surface area contributed by atoms with Crippen LogP contribution in [0.1, 0.15) is 21.9 Å². The number of benzene rings is 2. The third kappa shape index (κ3) is 2.57. The van der Waals surface area contributed by atoms with Crippen molar-refractivity contribution in [3.05, 3.63) is 65.6 Å². The Morgan fingerprint density at radius 2 is 1.76 bits per heavy atom. The smallest absolute Gasteiger partial charge is 0.357 e. The van der Waals surface area contributed by atoms with Crippen LogP contribution in [-0.4, -0.2) is 31.1 Å². The average molecular weight is 332 g/mol. The Hall–Kier alpha value is -3.41. The lowest BCUT2D eigenvalue weighted by Crippen LogP contribution is -1.98. The molecular weight excluding hydrogens is 316 g/mol. The Kier molecular flexibility index (Phi) is 3.39. The van der Waals surface area contributed by atoms with Gasteiger partial charge in [-0.1, -0.05) is 18.2 Å². The Balaban J connectivity index is 1.75. The minimum Gasteiger partial charge on any atom is -0.476 e. The normalized spacial score (nSPS) is 11.1. The number of rotatable bonds is 3. The summed E-state index contributed by atoms with van der Waals surface area (Å²) >= 11 is 0. The summed E-state index contributed by atoms with van der Waals surface area (Å²) in [5, 5.41) is 20.9. The quantitative estimate of drug-likeness (QED) is 0.599. The molecule has 4 rings (SSSR count). The van der Waals surface area contributed by atoms with E-state index in [9.17, 15) is 9.90 Å². The highest BCUT2D eigenvalue weighted by atomic mass is 16.4. The zero-order valence-electron chi connectivity index (χ0n) is 13.8. The summed E-state index contributed by atoms with van der Waals surface area (Å²) in [5.41, 5.74) is 5.74. The summed E-state index contributed by atoms with van der Waals surface area (Å²) in [5.74, 6) is -1.04. The lowest BCUT2D eigenvalue weighted by molar-refractivity contribution is 0.0692. The van der Waals surface area contributed by atoms with Gasteiger partial charge in [-0.15, -0.1) is 0 Å². The minimum atomic E-state index is -1.04. The van der Waals surface area contributed by atoms with Gasteiger partial charge in [0.05, 0.1) is 16.9 Å². The Morgan fingerprint density at radius 1 is 1.04 bits per heavy atom. The van der Waals surface area contributed by atoms with Crippen molar-refractivity contribution in [2.24, 2.45) is 0 Å². The predicted octanol–water partition coefficient (Wildman–Crippen LogP) is 3.73. The van der Waals surface area contributed by atoms with Gasteiger partial charge < -0.3 is 5.11 Å². The summed E-state index contributed by atoms with van der Waals surface area (Å²) in [6.45, 7) is 3.99. The highest BCUT2D eigenvalue weighted by Crippen LogP contribution is 2.26. The van der Waals surface area contributed by atoms with Crippen molar-refractivity contribution < 1.29 is 9.90 Å². The molecular formula is C19H16N4O2. The number of aromatic amines is 1. The summed E-state index contributed by atoms with van der Waals surface area (Å²) in [4.78, 5) is 11.3. The standard InChI is InChI=1S/C19H16N4O2/c1-11-9-12(2)23(22-11)15-6-3-13(4-7-15)14-5-8-17-16(10-14)18(19(24)25)21-20-17/h3-10H,1-2H3,(H,20,21)(H,24,25). The molecule has 2 N–H and O–H groups in total. The van der Waals surface area contributed by atoms with Gasteiger partial charge in [-0.2, -0.15) is 10.2 Å². The molecule has 2 aromatic heterocycles. The molecule has 6 heteroatoms. The van der Waals surface area contributed by atoms with Gasteiger partial charge in [0.2, 0.25) is 0 Å². The van der Waals surface area contributed by atoms with Crippen LogP contribution in [-0.2, 0) is 0 Å². The molecule has 0 fully saturated rings. The zero-order chi connectivity index (χ0) is 17.6. The Bertz CT molecular complexity index is 1090. The van der Waals surface area contributed by atoms with Crippen LogP contribution >= 0.6 is 0 Å². The second kappa shape index (κ2) is 5.59. The van der Waals surface area contributed by atoms with Gasteiger partial charge in [0.15, 0.2) is 5.69 Å². The highest BCUT2D eigenvalue weighted by Gasteiger charge is 2.13. The molecule has 0 spiro atoms. The fourth-order valence-corrected chi connectivity index (χ4v) is 3.04. The molecule has 0 bridgehead atoms. The van der Waals surface area contributed by atoms with E-state index < -0.39 is 5.97 Å². The molecule has 25 heavy (non-hydrogen) atoms. The maximum atomic E-state index is 11.3. The molecule has 4 aromatic rings. The fraction of sp³-hybridized carbons (Fsp3) is 0.105. The minimum absolute atomic E-state index is 0.0381. The van der Waals surface area contributed by atoms with Crippen LogP contribution in [0.4, 0.5) is 0 Å². The van der Waals surface area contributed by atoms with Crippen LogP contribution in [0.5, 0.6) is 0 Å². The Labute approximate surface area is 143 Å². The summed E-state index contributed by atoms with van der Waals surface area (Å²) < 4.78 is 1.90. The van der Waals surface area contributed by atoms with Crippen LogP contribution in [0, 0.1) is 13.8 Å². The van der Waals surface area contributed by atoms with E-state index in [1.165, 1.54) is 0 Å². The van der Waals surface area contributed by atoms with Crippen molar-refractivity contribution in [2.75, 3.05) is 0 Å². The first-order valence-corrected chi connectivity index (χ1v) is 7.88. The first-order valence-electron chi connectivity index (χ1n) is 7.88. The van der Waals surface area contributed by atoms with Crippen molar-refractivity contribution in [1.82, 2.24) is 20.0 Å². The van der Waals surface area contributed by atoms with Crippen molar-refractivity contribution >= 4 is 16.9 Å². The average Bonchev–Trinajstić information content (AvgIpc) is 3.17. The van der Waals surface area contributed by atoms with Crippen molar-refractivity contribution in [1.29, 1.82) is 0 Å². The van der Waals surface area contributed by atoms with Crippen LogP contribution < -0.4 is 0 Å². The van der Waals surface area contributed by atoms with Crippen LogP contribution in [0.15, 0.2) is 48.5 Å². The maximum Gasteiger partial charge on any atom is 0.357 e. The summed E-state index contributed by atoms with van der Waals surface area (Å²) in [6.07, 6.45) is 0. The second-order valence-electron chi connectivity index (χ2n) is 6.02. The highest BCUT2D eigenvalue weighted by molar-refractivity contribution is 6.02. The van der Waals surface area contributed by atoms with Gasteiger partial charge in [-0.3, -0.25) is 5.10 Å². The lowest BCUT2D eigenvalue weighted by atomic mass is 10.0. The number of hydrogen-bond acceptors (Lipinski definition) is 3. The molecule has 0 aliphatic rings. The maximum absolute atomic E-state index is 11.3. The number of nitrogens with zero attached hydrogens (tertiary/aromatic N) is 3. The van der Waals surface area contributed by atoms with Gasteiger partial charge in [-0.25, -0.2) is 9.48 Å². The molecule has 0 aliphatic carbocycles. The molecule has 0 saturated heterocycles. The van der Waals surface area contributed by atoms with Crippen LogP contribution in [0.2, 0.25) is 0 Å². The largest absolute Gasteiger partial charge is 0.476 e. The number of carbonyl (C=O) groups is 1. The second-order valence-corrected chi connectivity index (χ2v) is 6.02. The van der Waals surface area contributed by atoms with E-state index in [1.54, 1.807) is 0 Å². The number of fused-ring (bicyclic) bond motifs is 1. The van der Waals surface area contributed by atoms with E-state index in [-0.39, 0.29) is 5.69 Å². The molecule has 0 atom stereocenters. The molecule has 0 aliphatic heterocycles. The molecule has 0 radical (unpaired) electrons. The number of aryl methyl sites for hydroxylation is 2. The topological polar surface area (TPSA) is 83.8 Å². The van der Waals surface area contributed by atoms with Gasteiger partial charge in [0.1, 0.15) is 0 Å². The van der Waals surface area contributed by atoms with E-state index in [0.717, 1.165) is 28.2 Å². The molecule has 0 unspecified atom stereocenters. The molecule has 6 nitrogen and oxygen atoms in total. The molecule has 0 saturated carbocycles. The third-order valence-electron chi connectivity index (χ3n) is 4.22. The monoisotopic (exact) mass is 332 g/mol. The van der Waals surface area contributed by atoms with Crippen LogP contribution in [0.3, 0.4) is 0 Å². The van der Waals surface area contributed by atoms with Crippen molar-refractivity contribution in [2.45, 2.75) is 13.8 Å². The molecule has 124 valence electrons. The summed E-state index contributed by atoms with van der Waals surface area (Å²) in [6, 6.07) is 15.7. The SMILES string of the molecule is Cc1cc(C)n(-c2ccc(-c3ccc4[nH]nc(C(=O)O)c4c3)cc2)n1. The summed E-state index contributed by atoms with van der Waals surface area (Å²) in [7, 11) is 0. The lowest BCUT2D eigenvalue weighted by Gasteiger charge is -2.07. The predicted molar refractivity (Wildman–Crippen MR) is 95.1 cm³/mol. The van der Waals surface area contributed by atoms with Gasteiger partial charge in [-0.05, 0) is 55.3 Å². The van der Waals surface area contributed by atoms with Crippen molar-refractivity contribution in [3.8, 4) is 16.8 Å². The van der Waals surface area contributed by atoms with Crippen LogP contribution in [0.25, 0.3) is 27.7 Å². The van der Waals surface area contributed by atoms with Gasteiger partial charge >= 0.3 is 5.97 Å². The zero-order valence-corrected chi connectivity index (χ0v) is 13.8. The number of hydrogen-bond donors (Lipinski definition) is 2. The van der Waals surface area contributed by atoms with Gasteiger partial charge in [0.25, 0.3) is 0 Å².